The van der Waals surface area contributed by atoms with Crippen LogP contribution in [0.4, 0.5) is 39.5 Å². The summed E-state index contributed by atoms with van der Waals surface area (Å²) in [5.74, 6) is -14.5. The number of aliphatic hydroxyl groups is 1. The van der Waals surface area contributed by atoms with Crippen molar-refractivity contribution in [2.75, 3.05) is 19.7 Å². The number of nitrogens with zero attached hydrogens (tertiary/aromatic N) is 1. The normalized spacial score (nSPS) is 15.2. The summed E-state index contributed by atoms with van der Waals surface area (Å²) in [6, 6.07) is 0. The van der Waals surface area contributed by atoms with Crippen molar-refractivity contribution in [1.29, 1.82) is 0 Å². The Bertz CT molecular complexity index is 518. The molecule has 0 aliphatic heterocycles. The molecule has 0 saturated heterocycles. The molecule has 0 aromatic heterocycles. The minimum Gasteiger partial charge on any atom is -0.396 e. The lowest BCUT2D eigenvalue weighted by atomic mass is 10.1. The van der Waals surface area contributed by atoms with Gasteiger partial charge in [0.1, 0.15) is 0 Å². The van der Waals surface area contributed by atoms with Crippen molar-refractivity contribution >= 4 is 10.0 Å². The van der Waals surface area contributed by atoms with Gasteiger partial charge in [0.05, 0.1) is 0 Å². The fourth-order valence-corrected chi connectivity index (χ4v) is 3.02. The summed E-state index contributed by atoms with van der Waals surface area (Å²) in [4.78, 5) is 0. The molecule has 0 spiro atoms. The number of hydrogen-bond donors (Lipinski definition) is 1. The number of sulfonamides is 1. The topological polar surface area (TPSA) is 57.6 Å². The number of alkyl halides is 9. The maximum Gasteiger partial charge on any atom is 0.460 e. The number of aliphatic hydroxyl groups excluding tert-OH is 1. The van der Waals surface area contributed by atoms with Gasteiger partial charge in [0.15, 0.2) is 0 Å². The number of halogens is 9. The molecule has 0 atom stereocenters. The Morgan fingerprint density at radius 2 is 1.33 bits per heavy atom. The fourth-order valence-electron chi connectivity index (χ4n) is 1.53. The first-order valence-corrected chi connectivity index (χ1v) is 7.77. The van der Waals surface area contributed by atoms with Crippen molar-refractivity contribution < 1.29 is 53.0 Å². The van der Waals surface area contributed by atoms with Crippen LogP contribution in [0, 0.1) is 0 Å². The van der Waals surface area contributed by atoms with E-state index < -0.39 is 53.0 Å². The zero-order chi connectivity index (χ0) is 19.6. The molecule has 0 aromatic carbocycles. The first kappa shape index (κ1) is 23.2. The molecular weight excluding hydrogens is 385 g/mol. The van der Waals surface area contributed by atoms with Crippen molar-refractivity contribution in [2.24, 2.45) is 0 Å². The summed E-state index contributed by atoms with van der Waals surface area (Å²) in [5.41, 5.74) is 0. The van der Waals surface area contributed by atoms with Crippen LogP contribution in [0.15, 0.2) is 0 Å². The first-order valence-electron chi connectivity index (χ1n) is 6.33. The molecule has 0 bridgehead atoms. The van der Waals surface area contributed by atoms with Gasteiger partial charge in [0.2, 0.25) is 0 Å². The zero-order valence-corrected chi connectivity index (χ0v) is 12.9. The maximum atomic E-state index is 13.5. The molecule has 0 aliphatic rings. The van der Waals surface area contributed by atoms with E-state index in [1.54, 1.807) is 0 Å². The highest BCUT2D eigenvalue weighted by molar-refractivity contribution is 7.90. The van der Waals surface area contributed by atoms with Crippen LogP contribution in [0.1, 0.15) is 19.8 Å². The van der Waals surface area contributed by atoms with Crippen molar-refractivity contribution in [3.05, 3.63) is 0 Å². The molecule has 0 unspecified atom stereocenters. The van der Waals surface area contributed by atoms with Crippen LogP contribution in [-0.2, 0) is 10.0 Å². The third kappa shape index (κ3) is 3.74. The third-order valence-corrected chi connectivity index (χ3v) is 4.97. The summed E-state index contributed by atoms with van der Waals surface area (Å²) < 4.78 is 138. The van der Waals surface area contributed by atoms with Gasteiger partial charge in [-0.25, -0.2) is 8.42 Å². The molecular formula is C10H14F9NO3S. The number of rotatable bonds is 9. The van der Waals surface area contributed by atoms with E-state index in [2.05, 4.69) is 0 Å². The van der Waals surface area contributed by atoms with E-state index in [1.807, 2.05) is 0 Å². The van der Waals surface area contributed by atoms with E-state index in [0.29, 0.717) is 0 Å². The summed E-state index contributed by atoms with van der Waals surface area (Å²) >= 11 is 0. The minimum atomic E-state index is -7.28. The molecule has 0 rings (SSSR count). The molecule has 0 aromatic rings. The van der Waals surface area contributed by atoms with Crippen molar-refractivity contribution in [2.45, 2.75) is 43.0 Å². The molecule has 146 valence electrons. The molecule has 0 amide bonds. The van der Waals surface area contributed by atoms with Gasteiger partial charge >= 0.3 is 23.3 Å². The summed E-state index contributed by atoms with van der Waals surface area (Å²) in [6.45, 7) is -1.36. The lowest BCUT2D eigenvalue weighted by Crippen LogP contribution is -2.65. The zero-order valence-electron chi connectivity index (χ0n) is 12.1. The van der Waals surface area contributed by atoms with Crippen LogP contribution in [0.2, 0.25) is 0 Å². The van der Waals surface area contributed by atoms with Gasteiger partial charge in [-0.1, -0.05) is 6.92 Å². The van der Waals surface area contributed by atoms with E-state index >= 15 is 0 Å². The largest absolute Gasteiger partial charge is 0.460 e. The third-order valence-electron chi connectivity index (χ3n) is 2.95. The monoisotopic (exact) mass is 399 g/mol. The Morgan fingerprint density at radius 3 is 1.67 bits per heavy atom. The molecule has 1 N–H and O–H groups in total. The smallest absolute Gasteiger partial charge is 0.396 e. The van der Waals surface area contributed by atoms with E-state index in [9.17, 15) is 47.9 Å². The second kappa shape index (κ2) is 7.23. The second-order valence-corrected chi connectivity index (χ2v) is 6.57. The molecule has 0 heterocycles. The molecule has 0 saturated carbocycles. The highest BCUT2D eigenvalue weighted by atomic mass is 32.2. The van der Waals surface area contributed by atoms with Gasteiger partial charge in [-0.15, -0.1) is 0 Å². The van der Waals surface area contributed by atoms with E-state index in [4.69, 9.17) is 5.11 Å². The van der Waals surface area contributed by atoms with Crippen LogP contribution in [0.25, 0.3) is 0 Å². The predicted octanol–water partition coefficient (Wildman–Crippen LogP) is 2.84. The van der Waals surface area contributed by atoms with Crippen molar-refractivity contribution in [3.8, 4) is 0 Å². The quantitative estimate of drug-likeness (QED) is 0.479. The fraction of sp³-hybridized carbons (Fsp3) is 1.00. The van der Waals surface area contributed by atoms with Crippen LogP contribution in [-0.4, -0.2) is 60.8 Å². The average Bonchev–Trinajstić information content (AvgIpc) is 2.41. The molecule has 14 heteroatoms. The van der Waals surface area contributed by atoms with Gasteiger partial charge in [0, 0.05) is 19.7 Å². The molecule has 4 nitrogen and oxygen atoms in total. The van der Waals surface area contributed by atoms with Crippen LogP contribution in [0.5, 0.6) is 0 Å². The van der Waals surface area contributed by atoms with Gasteiger partial charge < -0.3 is 5.11 Å². The Balaban J connectivity index is 5.91. The summed E-state index contributed by atoms with van der Waals surface area (Å²) in [5, 5.41) is 1.77. The summed E-state index contributed by atoms with van der Waals surface area (Å²) in [7, 11) is -6.54. The highest BCUT2D eigenvalue weighted by Gasteiger charge is 2.85. The molecule has 0 fully saturated rings. The lowest BCUT2D eigenvalue weighted by molar-refractivity contribution is -0.382. The Labute approximate surface area is 131 Å². The first-order chi connectivity index (χ1) is 10.5. The lowest BCUT2D eigenvalue weighted by Gasteiger charge is -2.35. The summed E-state index contributed by atoms with van der Waals surface area (Å²) in [6.07, 6.45) is -7.53. The second-order valence-electron chi connectivity index (χ2n) is 4.59. The number of unbranched alkanes of at least 4 members (excludes halogenated alkanes) is 1. The Hall–Kier alpha value is -0.760. The van der Waals surface area contributed by atoms with Crippen LogP contribution >= 0.6 is 0 Å². The van der Waals surface area contributed by atoms with Gasteiger partial charge in [-0.2, -0.15) is 43.8 Å². The van der Waals surface area contributed by atoms with Crippen LogP contribution < -0.4 is 0 Å². The van der Waals surface area contributed by atoms with E-state index in [1.165, 1.54) is 0 Å². The van der Waals surface area contributed by atoms with Gasteiger partial charge in [-0.3, -0.25) is 0 Å². The Kier molecular flexibility index (Phi) is 7.01. The van der Waals surface area contributed by atoms with Crippen molar-refractivity contribution in [1.82, 2.24) is 4.31 Å². The average molecular weight is 399 g/mol. The minimum absolute atomic E-state index is 0.132. The molecule has 0 radical (unpaired) electrons. The standard InChI is InChI=1S/C10H14F9NO3S/c1-2-20(5-3-4-6-21)24(22,23)10(18,19)8(13,14)7(11,12)9(15,16)17/h21H,2-6H2,1H3. The SMILES string of the molecule is CCN(CCCCO)S(=O)(=O)C(F)(F)C(F)(F)C(F)(F)C(F)(F)F. The maximum absolute atomic E-state index is 13.5. The van der Waals surface area contributed by atoms with Gasteiger partial charge in [-0.05, 0) is 12.8 Å². The van der Waals surface area contributed by atoms with Crippen LogP contribution in [0.3, 0.4) is 0 Å². The van der Waals surface area contributed by atoms with E-state index in [-0.39, 0.29) is 17.1 Å². The molecule has 24 heavy (non-hydrogen) atoms. The van der Waals surface area contributed by atoms with Gasteiger partial charge in [0.25, 0.3) is 10.0 Å². The Morgan fingerprint density at radius 1 is 0.875 bits per heavy atom. The highest BCUT2D eigenvalue weighted by Crippen LogP contribution is 2.55. The molecule has 0 aliphatic carbocycles. The predicted molar refractivity (Wildman–Crippen MR) is 63.4 cm³/mol. The van der Waals surface area contributed by atoms with E-state index in [0.717, 1.165) is 6.92 Å². The number of hydrogen-bond acceptors (Lipinski definition) is 3. The van der Waals surface area contributed by atoms with Crippen molar-refractivity contribution in [3.63, 3.8) is 0 Å².